The van der Waals surface area contributed by atoms with Gasteiger partial charge in [0.1, 0.15) is 16.4 Å². The Morgan fingerprint density at radius 2 is 2.00 bits per heavy atom. The first-order valence-electron chi connectivity index (χ1n) is 13.6. The molecule has 4 aromatic rings. The first-order chi connectivity index (χ1) is 19.8. The number of halogens is 2. The molecule has 10 nitrogen and oxygen atoms in total. The predicted molar refractivity (Wildman–Crippen MR) is 152 cm³/mol. The minimum Gasteiger partial charge on any atom is -0.481 e. The Balaban J connectivity index is 1.48. The van der Waals surface area contributed by atoms with Crippen LogP contribution in [0.15, 0.2) is 29.9 Å². The van der Waals surface area contributed by atoms with Crippen molar-refractivity contribution in [2.45, 2.75) is 51.6 Å². The monoisotopic (exact) mass is 598 g/mol. The third-order valence-corrected chi connectivity index (χ3v) is 9.09. The minimum atomic E-state index is -0.960. The summed E-state index contributed by atoms with van der Waals surface area (Å²) in [6.45, 7) is 2.20. The van der Waals surface area contributed by atoms with E-state index in [1.165, 1.54) is 17.5 Å². The van der Waals surface area contributed by atoms with Crippen LogP contribution in [-0.2, 0) is 20.9 Å². The van der Waals surface area contributed by atoms with Crippen molar-refractivity contribution in [3.63, 3.8) is 0 Å². The number of aryl methyl sites for hydroxylation is 1. The maximum Gasteiger partial charge on any atom is 0.311 e. The molecule has 2 N–H and O–H groups in total. The van der Waals surface area contributed by atoms with Crippen molar-refractivity contribution in [1.82, 2.24) is 24.5 Å². The molecule has 2 atom stereocenters. The van der Waals surface area contributed by atoms with E-state index < -0.39 is 17.7 Å². The third kappa shape index (κ3) is 5.26. The molecule has 0 saturated heterocycles. The van der Waals surface area contributed by atoms with Crippen LogP contribution < -0.4 is 5.32 Å². The SMILES string of the molecule is CCOC(=O)[C@@H]1C2CCC(CC2)[C@H]1Nc1nc(-c2cn(CCC(=O)O)c3ncc(Cl)nc23)nc(-c2cccs2)c1F. The number of nitrogens with one attached hydrogen (secondary N) is 1. The van der Waals surface area contributed by atoms with Crippen molar-refractivity contribution in [3.8, 4) is 22.0 Å². The van der Waals surface area contributed by atoms with Crippen molar-refractivity contribution in [3.05, 3.63) is 40.9 Å². The Labute approximate surface area is 244 Å². The second kappa shape index (κ2) is 11.3. The van der Waals surface area contributed by atoms with Gasteiger partial charge in [0, 0.05) is 18.8 Å². The number of nitrogens with zero attached hydrogens (tertiary/aromatic N) is 5. The van der Waals surface area contributed by atoms with Gasteiger partial charge in [0.25, 0.3) is 0 Å². The Hall–Kier alpha value is -3.64. The standard InChI is InChI=1S/C28H28ClFN6O4S/c1-2-40-28(39)20-14-5-7-15(8-6-14)22(20)33-26-21(30)24(17-4-3-11-41-17)34-25(35-26)16-13-36(10-9-19(37)38)27-23(16)32-18(29)12-31-27/h3-4,11-15,20,22H,2,5-10H2,1H3,(H,37,38)(H,33,34,35)/t14?,15?,20-,22-/m1/s1. The summed E-state index contributed by atoms with van der Waals surface area (Å²) < 4.78 is 23.3. The highest BCUT2D eigenvalue weighted by atomic mass is 35.5. The molecule has 4 aromatic heterocycles. The number of anilines is 1. The van der Waals surface area contributed by atoms with E-state index in [9.17, 15) is 14.7 Å². The number of carboxylic acid groups (broad SMARTS) is 1. The maximum atomic E-state index is 16.2. The molecule has 0 aromatic carbocycles. The molecular weight excluding hydrogens is 571 g/mol. The van der Waals surface area contributed by atoms with Gasteiger partial charge in [-0.25, -0.2) is 24.3 Å². The van der Waals surface area contributed by atoms with Crippen LogP contribution in [0.1, 0.15) is 39.0 Å². The van der Waals surface area contributed by atoms with Gasteiger partial charge in [-0.15, -0.1) is 11.3 Å². The molecule has 3 aliphatic rings. The number of carbonyl (C=O) groups is 2. The lowest BCUT2D eigenvalue weighted by Gasteiger charge is -2.47. The van der Waals surface area contributed by atoms with E-state index in [0.29, 0.717) is 21.6 Å². The van der Waals surface area contributed by atoms with Crippen molar-refractivity contribution < 1.29 is 23.8 Å². The van der Waals surface area contributed by atoms with Crippen LogP contribution >= 0.6 is 22.9 Å². The molecular formula is C28H28ClFN6O4S. The first kappa shape index (κ1) is 27.5. The van der Waals surface area contributed by atoms with E-state index in [4.69, 9.17) is 16.3 Å². The predicted octanol–water partition coefficient (Wildman–Crippen LogP) is 5.66. The molecule has 41 heavy (non-hydrogen) atoms. The molecule has 0 unspecified atom stereocenters. The molecule has 214 valence electrons. The van der Waals surface area contributed by atoms with Gasteiger partial charge in [-0.1, -0.05) is 17.7 Å². The second-order valence-electron chi connectivity index (χ2n) is 10.4. The number of aromatic nitrogens is 5. The zero-order valence-electron chi connectivity index (χ0n) is 22.2. The third-order valence-electron chi connectivity index (χ3n) is 8.03. The van der Waals surface area contributed by atoms with E-state index in [0.717, 1.165) is 25.7 Å². The summed E-state index contributed by atoms with van der Waals surface area (Å²) >= 11 is 7.53. The number of fused-ring (bicyclic) bond motifs is 4. The Morgan fingerprint density at radius 3 is 2.71 bits per heavy atom. The zero-order valence-corrected chi connectivity index (χ0v) is 23.8. The molecule has 3 fully saturated rings. The summed E-state index contributed by atoms with van der Waals surface area (Å²) in [5.41, 5.74) is 1.34. The Bertz CT molecular complexity index is 1600. The molecule has 0 amide bonds. The van der Waals surface area contributed by atoms with Crippen LogP contribution in [0.5, 0.6) is 0 Å². The molecule has 0 radical (unpaired) electrons. The molecule has 0 spiro atoms. The highest BCUT2D eigenvalue weighted by molar-refractivity contribution is 7.13. The largest absolute Gasteiger partial charge is 0.481 e. The fourth-order valence-corrected chi connectivity index (χ4v) is 7.05. The molecule has 3 aliphatic carbocycles. The van der Waals surface area contributed by atoms with Gasteiger partial charge in [0.2, 0.25) is 0 Å². The van der Waals surface area contributed by atoms with Gasteiger partial charge in [0.15, 0.2) is 23.1 Å². The fraction of sp³-hybridized carbons (Fsp3) is 0.429. The minimum absolute atomic E-state index is 0.00771. The van der Waals surface area contributed by atoms with E-state index >= 15 is 4.39 Å². The number of ether oxygens (including phenoxy) is 1. The Kier molecular flexibility index (Phi) is 7.60. The van der Waals surface area contributed by atoms with E-state index in [-0.39, 0.29) is 65.9 Å². The van der Waals surface area contributed by atoms with E-state index in [2.05, 4.69) is 25.3 Å². The molecule has 7 rings (SSSR count). The van der Waals surface area contributed by atoms with Gasteiger partial charge in [-0.05, 0) is 55.9 Å². The van der Waals surface area contributed by atoms with Crippen LogP contribution in [-0.4, -0.2) is 54.2 Å². The van der Waals surface area contributed by atoms with Crippen molar-refractivity contribution >= 4 is 51.9 Å². The number of aliphatic carboxylic acids is 1. The molecule has 2 bridgehead atoms. The van der Waals surface area contributed by atoms with Crippen molar-refractivity contribution in [2.24, 2.45) is 17.8 Å². The molecule has 0 aliphatic heterocycles. The van der Waals surface area contributed by atoms with Gasteiger partial charge in [-0.2, -0.15) is 0 Å². The number of esters is 1. The summed E-state index contributed by atoms with van der Waals surface area (Å²) in [4.78, 5) is 43.0. The van der Waals surface area contributed by atoms with Crippen LogP contribution in [0.3, 0.4) is 0 Å². The summed E-state index contributed by atoms with van der Waals surface area (Å²) in [6, 6.07) is 3.26. The number of carboxylic acids is 1. The maximum absolute atomic E-state index is 16.2. The number of rotatable bonds is 9. The lowest BCUT2D eigenvalue weighted by Crippen LogP contribution is -2.52. The summed E-state index contributed by atoms with van der Waals surface area (Å²) in [5, 5.41) is 14.5. The highest BCUT2D eigenvalue weighted by Gasteiger charge is 2.48. The quantitative estimate of drug-likeness (QED) is 0.234. The van der Waals surface area contributed by atoms with E-state index in [1.54, 1.807) is 23.8 Å². The van der Waals surface area contributed by atoms with Crippen LogP contribution in [0, 0.1) is 23.6 Å². The van der Waals surface area contributed by atoms with Gasteiger partial charge in [-0.3, -0.25) is 9.59 Å². The highest BCUT2D eigenvalue weighted by Crippen LogP contribution is 2.47. The van der Waals surface area contributed by atoms with E-state index in [1.807, 2.05) is 11.4 Å². The number of hydrogen-bond acceptors (Lipinski definition) is 9. The summed E-state index contributed by atoms with van der Waals surface area (Å²) in [6.07, 6.45) is 6.70. The van der Waals surface area contributed by atoms with Gasteiger partial charge in [0.05, 0.1) is 35.6 Å². The lowest BCUT2D eigenvalue weighted by molar-refractivity contribution is -0.154. The van der Waals surface area contributed by atoms with Gasteiger partial charge >= 0.3 is 11.9 Å². The average Bonchev–Trinajstić information content (AvgIpc) is 3.62. The van der Waals surface area contributed by atoms with Crippen molar-refractivity contribution in [1.29, 1.82) is 0 Å². The molecule has 4 heterocycles. The zero-order chi connectivity index (χ0) is 28.7. The fourth-order valence-electron chi connectivity index (χ4n) is 6.21. The number of carbonyl (C=O) groups excluding carboxylic acids is 1. The normalized spacial score (nSPS) is 21.7. The lowest BCUT2D eigenvalue weighted by atomic mass is 9.61. The summed E-state index contributed by atoms with van der Waals surface area (Å²) in [5.74, 6) is -1.71. The van der Waals surface area contributed by atoms with Gasteiger partial charge < -0.3 is 19.7 Å². The smallest absolute Gasteiger partial charge is 0.311 e. The van der Waals surface area contributed by atoms with Crippen LogP contribution in [0.2, 0.25) is 5.15 Å². The number of thiophene rings is 1. The van der Waals surface area contributed by atoms with Crippen LogP contribution in [0.25, 0.3) is 33.1 Å². The van der Waals surface area contributed by atoms with Crippen LogP contribution in [0.4, 0.5) is 10.2 Å². The molecule has 3 saturated carbocycles. The Morgan fingerprint density at radius 1 is 1.22 bits per heavy atom. The molecule has 13 heteroatoms. The average molecular weight is 599 g/mol. The first-order valence-corrected chi connectivity index (χ1v) is 14.9. The topological polar surface area (TPSA) is 132 Å². The van der Waals surface area contributed by atoms with Crippen molar-refractivity contribution in [2.75, 3.05) is 11.9 Å². The summed E-state index contributed by atoms with van der Waals surface area (Å²) in [7, 11) is 0. The second-order valence-corrected chi connectivity index (χ2v) is 11.7. The number of hydrogen-bond donors (Lipinski definition) is 2.